The Balaban J connectivity index is 1.76. The predicted molar refractivity (Wildman–Crippen MR) is 123 cm³/mol. The average Bonchev–Trinajstić information content (AvgIpc) is 3.13. The van der Waals surface area contributed by atoms with Gasteiger partial charge < -0.3 is 11.1 Å². The Bertz CT molecular complexity index is 1290. The molecule has 0 aromatic carbocycles. The number of halogens is 2. The van der Waals surface area contributed by atoms with Gasteiger partial charge in [-0.05, 0) is 57.9 Å². The number of nitrogens with one attached hydrogen (secondary N) is 1. The number of hydrogen-bond donors (Lipinski definition) is 2. The molecule has 3 N–H and O–H groups in total. The normalized spacial score (nSPS) is 28.4. The van der Waals surface area contributed by atoms with Gasteiger partial charge >= 0.3 is 0 Å². The SMILES string of the molecule is Cc1cc(Cl)cnc1C(=O)Nc1ccc(F)c([C@@]2(C)N=C(N)C(C)(C)S3(=O)=NCC[C@@H]23)n1. The van der Waals surface area contributed by atoms with Gasteiger partial charge in [-0.1, -0.05) is 11.6 Å². The van der Waals surface area contributed by atoms with Gasteiger partial charge in [0.25, 0.3) is 5.91 Å². The van der Waals surface area contributed by atoms with Gasteiger partial charge in [-0.15, -0.1) is 0 Å². The van der Waals surface area contributed by atoms with Crippen LogP contribution in [0.5, 0.6) is 0 Å². The van der Waals surface area contributed by atoms with Gasteiger partial charge in [0.15, 0.2) is 0 Å². The maximum Gasteiger partial charge on any atom is 0.275 e. The number of nitrogens with two attached hydrogens (primary N) is 1. The fourth-order valence-corrected chi connectivity index (χ4v) is 7.66. The van der Waals surface area contributed by atoms with Crippen molar-refractivity contribution in [2.75, 3.05) is 11.9 Å². The summed E-state index contributed by atoms with van der Waals surface area (Å²) in [6.07, 6.45) is 1.84. The zero-order valence-corrected chi connectivity index (χ0v) is 19.7. The van der Waals surface area contributed by atoms with Gasteiger partial charge in [0.1, 0.15) is 39.1 Å². The zero-order valence-electron chi connectivity index (χ0n) is 18.1. The van der Waals surface area contributed by atoms with Crippen molar-refractivity contribution in [1.82, 2.24) is 9.97 Å². The monoisotopic (exact) mass is 478 g/mol. The van der Waals surface area contributed by atoms with Gasteiger partial charge in [-0.2, -0.15) is 0 Å². The molecule has 0 saturated carbocycles. The number of aryl methyl sites for hydroxylation is 1. The summed E-state index contributed by atoms with van der Waals surface area (Å²) in [7, 11) is -2.83. The Morgan fingerprint density at radius 1 is 1.34 bits per heavy atom. The molecular weight excluding hydrogens is 455 g/mol. The second-order valence-electron chi connectivity index (χ2n) is 8.65. The first-order valence-electron chi connectivity index (χ1n) is 10.1. The lowest BCUT2D eigenvalue weighted by molar-refractivity contribution is 0.102. The van der Waals surface area contributed by atoms with Crippen molar-refractivity contribution < 1.29 is 13.4 Å². The summed E-state index contributed by atoms with van der Waals surface area (Å²) in [5.41, 5.74) is 5.64. The Morgan fingerprint density at radius 2 is 2.06 bits per heavy atom. The van der Waals surface area contributed by atoms with E-state index in [1.165, 1.54) is 18.3 Å². The third kappa shape index (κ3) is 3.27. The van der Waals surface area contributed by atoms with Crippen LogP contribution < -0.4 is 11.1 Å². The van der Waals surface area contributed by atoms with Crippen LogP contribution in [0.2, 0.25) is 5.02 Å². The molecule has 170 valence electrons. The number of rotatable bonds is 3. The van der Waals surface area contributed by atoms with E-state index >= 15 is 4.39 Å². The molecule has 4 rings (SSSR count). The molecule has 2 aromatic rings. The number of amides is 1. The van der Waals surface area contributed by atoms with Crippen LogP contribution in [0.3, 0.4) is 0 Å². The van der Waals surface area contributed by atoms with Crippen LogP contribution >= 0.6 is 11.6 Å². The van der Waals surface area contributed by atoms with Gasteiger partial charge in [-0.25, -0.2) is 22.9 Å². The number of amidine groups is 1. The number of nitrogens with zero attached hydrogens (tertiary/aromatic N) is 4. The molecular formula is C21H24ClFN6O2S. The number of carbonyl (C=O) groups excluding carboxylic acids is 1. The first-order valence-corrected chi connectivity index (χ1v) is 12.0. The van der Waals surface area contributed by atoms with Crippen molar-refractivity contribution in [1.29, 1.82) is 0 Å². The van der Waals surface area contributed by atoms with Crippen LogP contribution in [0.25, 0.3) is 0 Å². The number of anilines is 1. The molecule has 2 aromatic heterocycles. The lowest BCUT2D eigenvalue weighted by atomic mass is 9.89. The number of carbonyl (C=O) groups is 1. The van der Waals surface area contributed by atoms with E-state index in [1.807, 2.05) is 0 Å². The largest absolute Gasteiger partial charge is 0.386 e. The van der Waals surface area contributed by atoms with Crippen LogP contribution in [0.15, 0.2) is 33.8 Å². The minimum absolute atomic E-state index is 0.0376. The summed E-state index contributed by atoms with van der Waals surface area (Å²) >= 11 is 5.91. The molecule has 0 fully saturated rings. The third-order valence-electron chi connectivity index (χ3n) is 6.21. The molecule has 1 unspecified atom stereocenters. The number of pyridine rings is 2. The standard InChI is InChI=1S/C21H24ClFN6O2S/c1-11-9-12(22)10-25-16(11)18(30)28-15-6-5-13(23)17(27-15)21(4)14-7-8-26-32(14,31)20(2,3)19(24)29-21/h5-6,9-10,14H,7-8H2,1-4H3,(H2,24,29)(H,27,28,30)/t14-,21-,32?/m0/s1. The predicted octanol–water partition coefficient (Wildman–Crippen LogP) is 3.43. The summed E-state index contributed by atoms with van der Waals surface area (Å²) < 4.78 is 32.4. The minimum Gasteiger partial charge on any atom is -0.386 e. The van der Waals surface area contributed by atoms with Crippen LogP contribution in [0.4, 0.5) is 10.2 Å². The molecule has 0 bridgehead atoms. The molecule has 0 saturated heterocycles. The van der Waals surface area contributed by atoms with Crippen LogP contribution in [-0.4, -0.2) is 42.5 Å². The van der Waals surface area contributed by atoms with E-state index < -0.39 is 37.0 Å². The highest BCUT2D eigenvalue weighted by Crippen LogP contribution is 2.47. The number of aromatic nitrogens is 2. The molecule has 0 spiro atoms. The average molecular weight is 479 g/mol. The van der Waals surface area contributed by atoms with E-state index in [0.717, 1.165) is 0 Å². The first kappa shape index (κ1) is 22.6. The fourth-order valence-electron chi connectivity index (χ4n) is 4.30. The topological polar surface area (TPSA) is 123 Å². The maximum absolute atomic E-state index is 15.0. The van der Waals surface area contributed by atoms with Crippen molar-refractivity contribution in [3.05, 3.63) is 52.2 Å². The highest BCUT2D eigenvalue weighted by molar-refractivity contribution is 7.96. The fraction of sp³-hybridized carbons (Fsp3) is 0.429. The highest BCUT2D eigenvalue weighted by Gasteiger charge is 2.57. The van der Waals surface area contributed by atoms with E-state index in [4.69, 9.17) is 17.3 Å². The van der Waals surface area contributed by atoms with Crippen molar-refractivity contribution in [2.24, 2.45) is 15.1 Å². The lowest BCUT2D eigenvalue weighted by Gasteiger charge is -2.44. The summed E-state index contributed by atoms with van der Waals surface area (Å²) in [5.74, 6) is -0.884. The summed E-state index contributed by atoms with van der Waals surface area (Å²) in [4.78, 5) is 25.7. The Labute approximate surface area is 191 Å². The molecule has 3 atom stereocenters. The van der Waals surface area contributed by atoms with Crippen molar-refractivity contribution in [3.63, 3.8) is 0 Å². The number of hydrogen-bond acceptors (Lipinski definition) is 7. The Morgan fingerprint density at radius 3 is 2.75 bits per heavy atom. The van der Waals surface area contributed by atoms with Gasteiger partial charge in [0, 0.05) is 12.7 Å². The molecule has 1 amide bonds. The molecule has 0 aliphatic carbocycles. The van der Waals surface area contributed by atoms with Crippen LogP contribution in [0.1, 0.15) is 48.9 Å². The van der Waals surface area contributed by atoms with E-state index in [9.17, 15) is 9.00 Å². The van der Waals surface area contributed by atoms with Crippen LogP contribution in [0, 0.1) is 12.7 Å². The molecule has 11 heteroatoms. The molecule has 32 heavy (non-hydrogen) atoms. The van der Waals surface area contributed by atoms with E-state index in [2.05, 4.69) is 24.6 Å². The van der Waals surface area contributed by atoms with Crippen molar-refractivity contribution in [2.45, 2.75) is 49.7 Å². The van der Waals surface area contributed by atoms with E-state index in [1.54, 1.807) is 33.8 Å². The lowest BCUT2D eigenvalue weighted by Crippen LogP contribution is -2.58. The minimum atomic E-state index is -2.83. The zero-order chi connectivity index (χ0) is 23.5. The summed E-state index contributed by atoms with van der Waals surface area (Å²) in [5, 5.41) is 2.49. The molecule has 4 heterocycles. The molecule has 8 nitrogen and oxygen atoms in total. The van der Waals surface area contributed by atoms with Crippen LogP contribution in [-0.2, 0) is 15.3 Å². The highest BCUT2D eigenvalue weighted by atomic mass is 35.5. The van der Waals surface area contributed by atoms with Gasteiger partial charge in [0.2, 0.25) is 0 Å². The smallest absolute Gasteiger partial charge is 0.275 e. The van der Waals surface area contributed by atoms with Gasteiger partial charge in [-0.3, -0.25) is 9.79 Å². The molecule has 2 aliphatic heterocycles. The quantitative estimate of drug-likeness (QED) is 0.699. The van der Waals surface area contributed by atoms with Crippen molar-refractivity contribution in [3.8, 4) is 0 Å². The maximum atomic E-state index is 15.0. The van der Waals surface area contributed by atoms with Gasteiger partial charge in [0.05, 0.1) is 20.0 Å². The Kier molecular flexibility index (Phi) is 5.28. The molecule has 0 radical (unpaired) electrons. The second kappa shape index (κ2) is 7.48. The summed E-state index contributed by atoms with van der Waals surface area (Å²) in [6.45, 7) is 7.25. The van der Waals surface area contributed by atoms with Crippen molar-refractivity contribution >= 4 is 38.9 Å². The number of aliphatic imine (C=N–C) groups is 1. The first-order chi connectivity index (χ1) is 14.9. The second-order valence-corrected chi connectivity index (χ2v) is 12.1. The number of fused-ring (bicyclic) bond motifs is 1. The third-order valence-corrected chi connectivity index (χ3v) is 10.1. The molecule has 2 aliphatic rings. The Hall–Kier alpha value is -2.59. The summed E-state index contributed by atoms with van der Waals surface area (Å²) in [6, 6.07) is 4.17. The van der Waals surface area contributed by atoms with E-state index in [0.29, 0.717) is 23.6 Å². The van der Waals surface area contributed by atoms with E-state index in [-0.39, 0.29) is 23.0 Å².